The van der Waals surface area contributed by atoms with Crippen molar-refractivity contribution in [1.82, 2.24) is 0 Å². The molecule has 0 spiro atoms. The number of hydrogen-bond donors (Lipinski definition) is 0. The molecular weight excluding hydrogens is 535 g/mol. The minimum atomic E-state index is 0. The second kappa shape index (κ2) is 9.90. The van der Waals surface area contributed by atoms with Crippen LogP contribution in [0, 0.1) is 7.14 Å². The number of aliphatic imine (C=N–C) groups is 1. The van der Waals surface area contributed by atoms with E-state index in [1.54, 1.807) is 6.21 Å². The van der Waals surface area contributed by atoms with Gasteiger partial charge in [-0.05, 0) is 85.8 Å². The van der Waals surface area contributed by atoms with E-state index in [-0.39, 0.29) is 35.3 Å². The fraction of sp³-hybridized carbons (Fsp3) is 0.316. The van der Waals surface area contributed by atoms with Gasteiger partial charge in [0.2, 0.25) is 0 Å². The minimum Gasteiger partial charge on any atom is -0.871 e. The van der Waals surface area contributed by atoms with Gasteiger partial charge in [0.1, 0.15) is 0 Å². The summed E-state index contributed by atoms with van der Waals surface area (Å²) in [7, 11) is 0. The summed E-state index contributed by atoms with van der Waals surface area (Å²) < 4.78 is 1.78. The van der Waals surface area contributed by atoms with Gasteiger partial charge in [0.05, 0.1) is 5.69 Å². The molecule has 0 aromatic heterocycles. The zero-order valence-electron chi connectivity index (χ0n) is 14.7. The van der Waals surface area contributed by atoms with Crippen LogP contribution in [0.15, 0.2) is 35.3 Å². The first-order valence-corrected chi connectivity index (χ1v) is 9.80. The topological polar surface area (TPSA) is 35.4 Å². The molecule has 0 aliphatic rings. The van der Waals surface area contributed by atoms with Gasteiger partial charge in [0.25, 0.3) is 0 Å². The molecule has 0 N–H and O–H groups in total. The summed E-state index contributed by atoms with van der Waals surface area (Å²) in [5, 5.41) is 12.3. The number of nitrogens with zero attached hydrogens (tertiary/aromatic N) is 1. The van der Waals surface area contributed by atoms with Crippen LogP contribution in [0.2, 0.25) is 0 Å². The number of hydrogen-bond acceptors (Lipinski definition) is 2. The predicted molar refractivity (Wildman–Crippen MR) is 113 cm³/mol. The monoisotopic (exact) mass is 555 g/mol. The maximum atomic E-state index is 12.3. The third-order valence-electron chi connectivity index (χ3n) is 3.71. The van der Waals surface area contributed by atoms with Crippen molar-refractivity contribution in [1.29, 1.82) is 0 Å². The van der Waals surface area contributed by atoms with Gasteiger partial charge in [0, 0.05) is 13.4 Å². The summed E-state index contributed by atoms with van der Waals surface area (Å²) in [5.41, 5.74) is 4.10. The van der Waals surface area contributed by atoms with E-state index in [4.69, 9.17) is 4.99 Å². The summed E-state index contributed by atoms with van der Waals surface area (Å²) in [6.45, 7) is 8.69. The van der Waals surface area contributed by atoms with E-state index in [2.05, 4.69) is 91.1 Å². The smallest absolute Gasteiger partial charge is 0.871 e. The molecule has 0 bridgehead atoms. The van der Waals surface area contributed by atoms with Crippen molar-refractivity contribution in [3.05, 3.63) is 54.2 Å². The van der Waals surface area contributed by atoms with Crippen LogP contribution in [-0.2, 0) is 0 Å². The molecule has 2 rings (SSSR count). The predicted octanol–water partition coefficient (Wildman–Crippen LogP) is 2.97. The first-order chi connectivity index (χ1) is 10.8. The van der Waals surface area contributed by atoms with Crippen molar-refractivity contribution in [3.8, 4) is 5.75 Å². The summed E-state index contributed by atoms with van der Waals surface area (Å²) in [6.07, 6.45) is 1.72. The molecule has 122 valence electrons. The average molecular weight is 555 g/mol. The standard InChI is InChI=1S/C19H21I2NO.Na/c1-11(2)15-6-5-7-16(12(3)4)18(15)22-10-13-8-14(20)9-17(21)19(13)23;/h5-12,23H,1-4H3;/q;+1/p-1. The minimum absolute atomic E-state index is 0. The molecule has 2 nitrogen and oxygen atoms in total. The van der Waals surface area contributed by atoms with Crippen molar-refractivity contribution >= 4 is 57.1 Å². The van der Waals surface area contributed by atoms with Crippen molar-refractivity contribution < 1.29 is 34.7 Å². The van der Waals surface area contributed by atoms with Gasteiger partial charge < -0.3 is 5.11 Å². The quantitative estimate of drug-likeness (QED) is 0.325. The van der Waals surface area contributed by atoms with Crippen LogP contribution in [0.1, 0.15) is 56.2 Å². The second-order valence-corrected chi connectivity index (χ2v) is 8.57. The molecule has 0 unspecified atom stereocenters. The van der Waals surface area contributed by atoms with Crippen LogP contribution in [-0.4, -0.2) is 6.21 Å². The molecule has 0 aliphatic carbocycles. The Kier molecular flexibility index (Phi) is 9.24. The number of benzene rings is 2. The van der Waals surface area contributed by atoms with E-state index >= 15 is 0 Å². The summed E-state index contributed by atoms with van der Waals surface area (Å²) in [4.78, 5) is 4.73. The molecule has 0 fully saturated rings. The van der Waals surface area contributed by atoms with E-state index in [1.165, 1.54) is 11.1 Å². The third kappa shape index (κ3) is 5.43. The Morgan fingerprint density at radius 3 is 2.04 bits per heavy atom. The van der Waals surface area contributed by atoms with Crippen LogP contribution in [0.3, 0.4) is 0 Å². The van der Waals surface area contributed by atoms with Gasteiger partial charge in [-0.3, -0.25) is 4.99 Å². The fourth-order valence-electron chi connectivity index (χ4n) is 2.47. The molecule has 5 heteroatoms. The molecule has 0 saturated heterocycles. The summed E-state index contributed by atoms with van der Waals surface area (Å²) in [5.74, 6) is 0.829. The molecule has 0 amide bonds. The van der Waals surface area contributed by atoms with Crippen LogP contribution < -0.4 is 34.7 Å². The van der Waals surface area contributed by atoms with Crippen molar-refractivity contribution in [2.75, 3.05) is 0 Å². The van der Waals surface area contributed by atoms with Gasteiger partial charge in [-0.25, -0.2) is 0 Å². The summed E-state index contributed by atoms with van der Waals surface area (Å²) in [6, 6.07) is 10.1. The van der Waals surface area contributed by atoms with E-state index in [0.717, 1.165) is 12.8 Å². The molecule has 2 aromatic carbocycles. The number of rotatable bonds is 4. The van der Waals surface area contributed by atoms with Crippen molar-refractivity contribution in [3.63, 3.8) is 0 Å². The van der Waals surface area contributed by atoms with E-state index in [9.17, 15) is 5.11 Å². The average Bonchev–Trinajstić information content (AvgIpc) is 2.48. The van der Waals surface area contributed by atoms with Crippen molar-refractivity contribution in [2.24, 2.45) is 4.99 Å². The van der Waals surface area contributed by atoms with Gasteiger partial charge >= 0.3 is 29.6 Å². The van der Waals surface area contributed by atoms with Crippen LogP contribution in [0.25, 0.3) is 0 Å². The van der Waals surface area contributed by atoms with Gasteiger partial charge in [0.15, 0.2) is 0 Å². The molecule has 0 saturated carbocycles. The zero-order valence-corrected chi connectivity index (χ0v) is 21.0. The molecule has 24 heavy (non-hydrogen) atoms. The molecular formula is C19H20I2NNaO. The van der Waals surface area contributed by atoms with Crippen LogP contribution >= 0.6 is 45.2 Å². The first-order valence-electron chi connectivity index (χ1n) is 7.64. The Balaban J connectivity index is 0.00000288. The Labute approximate surface area is 194 Å². The van der Waals surface area contributed by atoms with E-state index < -0.39 is 0 Å². The van der Waals surface area contributed by atoms with Gasteiger partial charge in [-0.1, -0.05) is 51.6 Å². The molecule has 0 aliphatic heterocycles. The first kappa shape index (κ1) is 22.4. The van der Waals surface area contributed by atoms with E-state index in [1.807, 2.05) is 12.1 Å². The fourth-order valence-corrected chi connectivity index (χ4v) is 4.36. The Morgan fingerprint density at radius 2 is 1.54 bits per heavy atom. The SMILES string of the molecule is CC(C)c1cccc(C(C)C)c1N=Cc1cc(I)cc(I)c1[O-].[Na+]. The van der Waals surface area contributed by atoms with Gasteiger partial charge in [-0.15, -0.1) is 0 Å². The molecule has 0 radical (unpaired) electrons. The third-order valence-corrected chi connectivity index (χ3v) is 5.14. The summed E-state index contributed by atoms with van der Waals surface area (Å²) >= 11 is 4.32. The van der Waals surface area contributed by atoms with Crippen LogP contribution in [0.5, 0.6) is 5.75 Å². The molecule has 2 aromatic rings. The van der Waals surface area contributed by atoms with Crippen LogP contribution in [0.4, 0.5) is 5.69 Å². The van der Waals surface area contributed by atoms with E-state index in [0.29, 0.717) is 17.4 Å². The van der Waals surface area contributed by atoms with Crippen molar-refractivity contribution in [2.45, 2.75) is 39.5 Å². The maximum Gasteiger partial charge on any atom is 1.00 e. The molecule has 0 heterocycles. The normalized spacial score (nSPS) is 11.3. The Morgan fingerprint density at radius 1 is 1.00 bits per heavy atom. The number of para-hydroxylation sites is 1. The van der Waals surface area contributed by atoms with Gasteiger partial charge in [-0.2, -0.15) is 0 Å². The molecule has 0 atom stereocenters. The zero-order chi connectivity index (χ0) is 17.1. The second-order valence-electron chi connectivity index (χ2n) is 6.16. The number of halogens is 2. The largest absolute Gasteiger partial charge is 1.00 e. The Bertz CT molecular complexity index is 716. The Hall–Kier alpha value is 0.370. The maximum absolute atomic E-state index is 12.3.